The summed E-state index contributed by atoms with van der Waals surface area (Å²) in [4.78, 5) is 0.524. The first-order chi connectivity index (χ1) is 7.50. The summed E-state index contributed by atoms with van der Waals surface area (Å²) in [5.74, 6) is 0.705. The van der Waals surface area contributed by atoms with Crippen molar-refractivity contribution in [3.05, 3.63) is 24.0 Å². The van der Waals surface area contributed by atoms with E-state index in [2.05, 4.69) is 13.8 Å². The zero-order valence-electron chi connectivity index (χ0n) is 9.70. The minimum Gasteiger partial charge on any atom is -0.396 e. The Balaban J connectivity index is 2.56. The van der Waals surface area contributed by atoms with Crippen molar-refractivity contribution in [1.29, 1.82) is 0 Å². The SMILES string of the molecule is CC(C)CCCS(=O)c1ccc(N)c(F)c1. The van der Waals surface area contributed by atoms with Gasteiger partial charge in [0, 0.05) is 10.6 Å². The fourth-order valence-corrected chi connectivity index (χ4v) is 2.51. The normalized spacial score (nSPS) is 13.0. The van der Waals surface area contributed by atoms with E-state index in [0.29, 0.717) is 16.6 Å². The molecule has 0 aliphatic rings. The van der Waals surface area contributed by atoms with E-state index in [1.807, 2.05) is 0 Å². The fourth-order valence-electron chi connectivity index (χ4n) is 1.39. The maximum Gasteiger partial charge on any atom is 0.147 e. The summed E-state index contributed by atoms with van der Waals surface area (Å²) in [5, 5.41) is 0. The minimum atomic E-state index is -1.11. The van der Waals surface area contributed by atoms with E-state index >= 15 is 0 Å². The number of hydrogen-bond acceptors (Lipinski definition) is 2. The zero-order chi connectivity index (χ0) is 12.1. The van der Waals surface area contributed by atoms with Crippen LogP contribution in [-0.2, 0) is 10.8 Å². The lowest BCUT2D eigenvalue weighted by atomic mass is 10.1. The standard InChI is InChI=1S/C12H18FNOS/c1-9(2)4-3-7-16(15)10-5-6-12(14)11(13)8-10/h5-6,8-9H,3-4,7,14H2,1-2H3. The second-order valence-corrected chi connectivity index (χ2v) is 5.84. The Kier molecular flexibility index (Phi) is 4.93. The Morgan fingerprint density at radius 1 is 1.44 bits per heavy atom. The van der Waals surface area contributed by atoms with Crippen LogP contribution in [0, 0.1) is 11.7 Å². The third-order valence-electron chi connectivity index (χ3n) is 2.35. The molecular weight excluding hydrogens is 225 g/mol. The molecule has 0 fully saturated rings. The first-order valence-corrected chi connectivity index (χ1v) is 6.76. The Bertz CT molecular complexity index is 379. The van der Waals surface area contributed by atoms with Gasteiger partial charge < -0.3 is 5.73 Å². The summed E-state index contributed by atoms with van der Waals surface area (Å²) in [6, 6.07) is 4.36. The molecule has 0 radical (unpaired) electrons. The van der Waals surface area contributed by atoms with Crippen LogP contribution in [0.1, 0.15) is 26.7 Å². The first kappa shape index (κ1) is 13.2. The maximum atomic E-state index is 13.1. The van der Waals surface area contributed by atoms with Gasteiger partial charge in [-0.25, -0.2) is 4.39 Å². The largest absolute Gasteiger partial charge is 0.396 e. The summed E-state index contributed by atoms with van der Waals surface area (Å²) in [6.07, 6.45) is 1.94. The lowest BCUT2D eigenvalue weighted by Crippen LogP contribution is -2.01. The molecule has 1 aromatic carbocycles. The van der Waals surface area contributed by atoms with Crippen molar-refractivity contribution in [2.24, 2.45) is 5.92 Å². The lowest BCUT2D eigenvalue weighted by molar-refractivity contribution is 0.575. The summed E-state index contributed by atoms with van der Waals surface area (Å²) in [6.45, 7) is 4.26. The highest BCUT2D eigenvalue weighted by Crippen LogP contribution is 2.16. The van der Waals surface area contributed by atoms with E-state index in [1.165, 1.54) is 12.1 Å². The van der Waals surface area contributed by atoms with Gasteiger partial charge in [-0.3, -0.25) is 4.21 Å². The van der Waals surface area contributed by atoms with Crippen molar-refractivity contribution in [2.75, 3.05) is 11.5 Å². The van der Waals surface area contributed by atoms with Crippen LogP contribution in [-0.4, -0.2) is 9.96 Å². The number of halogens is 1. The molecule has 0 saturated carbocycles. The number of rotatable bonds is 5. The Morgan fingerprint density at radius 3 is 2.69 bits per heavy atom. The van der Waals surface area contributed by atoms with Crippen LogP contribution in [0.3, 0.4) is 0 Å². The lowest BCUT2D eigenvalue weighted by Gasteiger charge is -2.05. The second kappa shape index (κ2) is 5.99. The molecule has 4 heteroatoms. The molecule has 0 bridgehead atoms. The molecule has 1 aromatic rings. The van der Waals surface area contributed by atoms with E-state index in [0.717, 1.165) is 12.8 Å². The van der Waals surface area contributed by atoms with Crippen molar-refractivity contribution in [1.82, 2.24) is 0 Å². The molecule has 0 amide bonds. The van der Waals surface area contributed by atoms with Crippen LogP contribution in [0.2, 0.25) is 0 Å². The predicted molar refractivity (Wildman–Crippen MR) is 66.2 cm³/mol. The van der Waals surface area contributed by atoms with Crippen LogP contribution in [0.25, 0.3) is 0 Å². The van der Waals surface area contributed by atoms with Gasteiger partial charge in [0.05, 0.1) is 16.5 Å². The molecule has 1 unspecified atom stereocenters. The van der Waals surface area contributed by atoms with Gasteiger partial charge in [-0.15, -0.1) is 0 Å². The first-order valence-electron chi connectivity index (χ1n) is 5.44. The van der Waals surface area contributed by atoms with Crippen molar-refractivity contribution in [3.8, 4) is 0 Å². The average molecular weight is 243 g/mol. The molecule has 2 nitrogen and oxygen atoms in total. The van der Waals surface area contributed by atoms with E-state index in [-0.39, 0.29) is 5.69 Å². The van der Waals surface area contributed by atoms with Gasteiger partial charge in [0.15, 0.2) is 0 Å². The maximum absolute atomic E-state index is 13.1. The molecule has 90 valence electrons. The number of hydrogen-bond donors (Lipinski definition) is 1. The Labute approximate surface area is 98.5 Å². The monoisotopic (exact) mass is 243 g/mol. The number of benzene rings is 1. The van der Waals surface area contributed by atoms with Gasteiger partial charge in [-0.1, -0.05) is 20.3 Å². The molecule has 0 aliphatic carbocycles. The summed E-state index contributed by atoms with van der Waals surface area (Å²) < 4.78 is 24.9. The van der Waals surface area contributed by atoms with Crippen molar-refractivity contribution in [3.63, 3.8) is 0 Å². The van der Waals surface area contributed by atoms with Crippen molar-refractivity contribution in [2.45, 2.75) is 31.6 Å². The summed E-state index contributed by atoms with van der Waals surface area (Å²) in [7, 11) is -1.11. The molecule has 0 saturated heterocycles. The molecule has 16 heavy (non-hydrogen) atoms. The van der Waals surface area contributed by atoms with Gasteiger partial charge in [-0.2, -0.15) is 0 Å². The topological polar surface area (TPSA) is 43.1 Å². The molecular formula is C12H18FNOS. The van der Waals surface area contributed by atoms with E-state index < -0.39 is 16.6 Å². The summed E-state index contributed by atoms with van der Waals surface area (Å²) in [5.41, 5.74) is 5.45. The average Bonchev–Trinajstić information content (AvgIpc) is 2.21. The van der Waals surface area contributed by atoms with Crippen LogP contribution < -0.4 is 5.73 Å². The number of nitrogens with two attached hydrogens (primary N) is 1. The van der Waals surface area contributed by atoms with Gasteiger partial charge in [0.1, 0.15) is 5.82 Å². The highest BCUT2D eigenvalue weighted by molar-refractivity contribution is 7.85. The van der Waals surface area contributed by atoms with Crippen molar-refractivity contribution < 1.29 is 8.60 Å². The predicted octanol–water partition coefficient (Wildman–Crippen LogP) is 2.95. The molecule has 0 heterocycles. The smallest absolute Gasteiger partial charge is 0.147 e. The minimum absolute atomic E-state index is 0.0999. The molecule has 1 atom stereocenters. The van der Waals surface area contributed by atoms with Crippen LogP contribution >= 0.6 is 0 Å². The van der Waals surface area contributed by atoms with Crippen LogP contribution in [0.5, 0.6) is 0 Å². The molecule has 0 aliphatic heterocycles. The van der Waals surface area contributed by atoms with E-state index in [1.54, 1.807) is 6.07 Å². The van der Waals surface area contributed by atoms with Crippen LogP contribution in [0.4, 0.5) is 10.1 Å². The quantitative estimate of drug-likeness (QED) is 0.808. The third kappa shape index (κ3) is 3.93. The Morgan fingerprint density at radius 2 is 2.12 bits per heavy atom. The highest BCUT2D eigenvalue weighted by Gasteiger charge is 2.07. The van der Waals surface area contributed by atoms with Crippen molar-refractivity contribution >= 4 is 16.5 Å². The number of nitrogen functional groups attached to an aromatic ring is 1. The van der Waals surface area contributed by atoms with Crippen LogP contribution in [0.15, 0.2) is 23.1 Å². The summed E-state index contributed by atoms with van der Waals surface area (Å²) >= 11 is 0. The van der Waals surface area contributed by atoms with E-state index in [9.17, 15) is 8.60 Å². The molecule has 2 N–H and O–H groups in total. The van der Waals surface area contributed by atoms with Gasteiger partial charge in [-0.05, 0) is 30.5 Å². The number of anilines is 1. The molecule has 0 aromatic heterocycles. The van der Waals surface area contributed by atoms with E-state index in [4.69, 9.17) is 5.73 Å². The fraction of sp³-hybridized carbons (Fsp3) is 0.500. The third-order valence-corrected chi connectivity index (χ3v) is 3.79. The highest BCUT2D eigenvalue weighted by atomic mass is 32.2. The second-order valence-electron chi connectivity index (χ2n) is 4.27. The molecule has 0 spiro atoms. The van der Waals surface area contributed by atoms with Gasteiger partial charge in [0.2, 0.25) is 0 Å². The Hall–Kier alpha value is -0.900. The molecule has 1 rings (SSSR count). The van der Waals surface area contributed by atoms with Gasteiger partial charge >= 0.3 is 0 Å². The zero-order valence-corrected chi connectivity index (χ0v) is 10.5. The van der Waals surface area contributed by atoms with Gasteiger partial charge in [0.25, 0.3) is 0 Å².